The number of hydrogen-bond donors (Lipinski definition) is 5. The van der Waals surface area contributed by atoms with Crippen molar-refractivity contribution in [3.63, 3.8) is 0 Å². The quantitative estimate of drug-likeness (QED) is 0.240. The molecule has 1 aromatic carbocycles. The maximum atomic E-state index is 13.6. The zero-order valence-electron chi connectivity index (χ0n) is 23.5. The highest BCUT2D eigenvalue weighted by atomic mass is 32.2. The van der Waals surface area contributed by atoms with Crippen molar-refractivity contribution in [3.8, 4) is 0 Å². The molecule has 1 unspecified atom stereocenters. The molecular weight excluding hydrogens is 535 g/mol. The van der Waals surface area contributed by atoms with E-state index < -0.39 is 29.6 Å². The molecule has 0 bridgehead atoms. The fraction of sp³-hybridized carbons (Fsp3) is 0.690. The minimum atomic E-state index is -1.14. The number of hydrogen-bond acceptors (Lipinski definition) is 7. The Bertz CT molecular complexity index is 950. The van der Waals surface area contributed by atoms with Crippen molar-refractivity contribution in [1.29, 1.82) is 0 Å². The highest BCUT2D eigenvalue weighted by molar-refractivity contribution is 7.99. The number of likely N-dealkylation sites (tertiary alicyclic amines) is 1. The molecule has 1 aromatic rings. The molecule has 40 heavy (non-hydrogen) atoms. The van der Waals surface area contributed by atoms with Gasteiger partial charge in [-0.05, 0) is 55.9 Å². The van der Waals surface area contributed by atoms with Gasteiger partial charge < -0.3 is 31.1 Å². The van der Waals surface area contributed by atoms with Crippen LogP contribution in [0.25, 0.3) is 0 Å². The Morgan fingerprint density at radius 1 is 1.05 bits per heavy atom. The van der Waals surface area contributed by atoms with Crippen molar-refractivity contribution in [2.45, 2.75) is 82.4 Å². The number of aliphatic carboxylic acids is 1. The van der Waals surface area contributed by atoms with Gasteiger partial charge in [-0.3, -0.25) is 9.59 Å². The second-order valence-electron chi connectivity index (χ2n) is 11.2. The summed E-state index contributed by atoms with van der Waals surface area (Å²) in [5.41, 5.74) is -0.221. The maximum Gasteiger partial charge on any atom is 0.327 e. The van der Waals surface area contributed by atoms with Crippen molar-refractivity contribution in [2.75, 3.05) is 43.0 Å². The van der Waals surface area contributed by atoms with E-state index in [-0.39, 0.29) is 29.8 Å². The van der Waals surface area contributed by atoms with Crippen LogP contribution in [0.3, 0.4) is 0 Å². The standard InChI is InChI=1S/C29H45FN4O5S/c1-21(35)32-26(27(37)38)20-40-19-25(36)17-31-28(39)29(33-24-11-9-23(30)10-12-24)13-15-34(16-14-29)18-22-7-5-3-2-4-6-8-22/h9-12,22,25-26,33,36H,2-8,13-20H2,1H3,(H,31,39)(H,32,35)(H,37,38)/t25-,26?/m1/s1. The van der Waals surface area contributed by atoms with Crippen LogP contribution >= 0.6 is 11.8 Å². The number of halogens is 1. The first-order chi connectivity index (χ1) is 19.2. The highest BCUT2D eigenvalue weighted by Gasteiger charge is 2.41. The fourth-order valence-electron chi connectivity index (χ4n) is 5.60. The normalized spacial score (nSPS) is 20.0. The lowest BCUT2D eigenvalue weighted by Gasteiger charge is -2.43. The lowest BCUT2D eigenvalue weighted by Crippen LogP contribution is -2.59. The van der Waals surface area contributed by atoms with Crippen molar-refractivity contribution >= 4 is 35.2 Å². The van der Waals surface area contributed by atoms with Crippen LogP contribution in [0.2, 0.25) is 0 Å². The summed E-state index contributed by atoms with van der Waals surface area (Å²) in [6.45, 7) is 3.87. The van der Waals surface area contributed by atoms with E-state index in [1.165, 1.54) is 75.8 Å². The van der Waals surface area contributed by atoms with Gasteiger partial charge in [-0.2, -0.15) is 11.8 Å². The third kappa shape index (κ3) is 10.6. The van der Waals surface area contributed by atoms with Crippen molar-refractivity contribution in [3.05, 3.63) is 30.1 Å². The number of benzene rings is 1. The number of piperidine rings is 1. The SMILES string of the molecule is CC(=O)NC(CSC[C@H](O)CNC(=O)C1(Nc2ccc(F)cc2)CCN(CC2CCCCCCC2)CC1)C(=O)O. The third-order valence-corrected chi connectivity index (χ3v) is 9.07. The van der Waals surface area contributed by atoms with E-state index in [9.17, 15) is 29.0 Å². The summed E-state index contributed by atoms with van der Waals surface area (Å²) in [6, 6.07) is 4.95. The molecule has 2 atom stereocenters. The van der Waals surface area contributed by atoms with Crippen molar-refractivity contribution in [1.82, 2.24) is 15.5 Å². The van der Waals surface area contributed by atoms with Crippen LogP contribution in [0.15, 0.2) is 24.3 Å². The largest absolute Gasteiger partial charge is 0.480 e. The van der Waals surface area contributed by atoms with Crippen LogP contribution in [-0.2, 0) is 14.4 Å². The Balaban J connectivity index is 1.55. The number of carbonyl (C=O) groups is 3. The first-order valence-corrected chi connectivity index (χ1v) is 15.6. The van der Waals surface area contributed by atoms with E-state index in [0.717, 1.165) is 19.6 Å². The summed E-state index contributed by atoms with van der Waals surface area (Å²) in [6.07, 6.45) is 9.40. The smallest absolute Gasteiger partial charge is 0.327 e. The van der Waals surface area contributed by atoms with Crippen LogP contribution in [0.1, 0.15) is 64.7 Å². The molecule has 2 fully saturated rings. The van der Waals surface area contributed by atoms with E-state index >= 15 is 0 Å². The molecule has 0 spiro atoms. The topological polar surface area (TPSA) is 131 Å². The van der Waals surface area contributed by atoms with Crippen LogP contribution in [0, 0.1) is 11.7 Å². The number of carboxylic acid groups (broad SMARTS) is 1. The Kier molecular flexibility index (Phi) is 13.0. The number of amides is 2. The monoisotopic (exact) mass is 580 g/mol. The number of aliphatic hydroxyl groups excluding tert-OH is 1. The highest BCUT2D eigenvalue weighted by Crippen LogP contribution is 2.30. The van der Waals surface area contributed by atoms with E-state index in [2.05, 4.69) is 20.9 Å². The molecule has 9 nitrogen and oxygen atoms in total. The van der Waals surface area contributed by atoms with Crippen molar-refractivity contribution in [2.24, 2.45) is 5.92 Å². The summed E-state index contributed by atoms with van der Waals surface area (Å²) in [7, 11) is 0. The van der Waals surface area contributed by atoms with Crippen LogP contribution in [0.5, 0.6) is 0 Å². The number of nitrogens with zero attached hydrogens (tertiary/aromatic N) is 1. The molecule has 0 radical (unpaired) electrons. The molecule has 1 saturated heterocycles. The molecular formula is C29H45FN4O5S. The van der Waals surface area contributed by atoms with Gasteiger partial charge in [0.2, 0.25) is 11.8 Å². The molecule has 2 amide bonds. The minimum absolute atomic E-state index is 0.0162. The number of thioether (sulfide) groups is 1. The predicted octanol–water partition coefficient (Wildman–Crippen LogP) is 3.23. The van der Waals surface area contributed by atoms with Gasteiger partial charge in [0.1, 0.15) is 17.4 Å². The maximum absolute atomic E-state index is 13.6. The zero-order chi connectivity index (χ0) is 29.0. The lowest BCUT2D eigenvalue weighted by atomic mass is 9.84. The molecule has 0 aromatic heterocycles. The van der Waals surface area contributed by atoms with Gasteiger partial charge in [0, 0.05) is 50.3 Å². The molecule has 224 valence electrons. The average molecular weight is 581 g/mol. The molecule has 11 heteroatoms. The first kappa shape index (κ1) is 32.1. The molecule has 1 aliphatic heterocycles. The molecule has 1 heterocycles. The van der Waals surface area contributed by atoms with E-state index in [1.54, 1.807) is 12.1 Å². The summed E-state index contributed by atoms with van der Waals surface area (Å²) < 4.78 is 13.5. The van der Waals surface area contributed by atoms with Gasteiger partial charge in [-0.15, -0.1) is 0 Å². The predicted molar refractivity (Wildman–Crippen MR) is 156 cm³/mol. The van der Waals surface area contributed by atoms with E-state index in [4.69, 9.17) is 0 Å². The second-order valence-corrected chi connectivity index (χ2v) is 12.3. The number of rotatable bonds is 13. The molecule has 3 rings (SSSR count). The van der Waals surface area contributed by atoms with Crippen LogP contribution in [0.4, 0.5) is 10.1 Å². The molecule has 1 saturated carbocycles. The average Bonchev–Trinajstić information content (AvgIpc) is 2.90. The van der Waals surface area contributed by atoms with E-state index in [0.29, 0.717) is 24.4 Å². The number of carbonyl (C=O) groups excluding carboxylic acids is 2. The van der Waals surface area contributed by atoms with Crippen molar-refractivity contribution < 1.29 is 29.0 Å². The molecule has 5 N–H and O–H groups in total. The summed E-state index contributed by atoms with van der Waals surface area (Å²) in [4.78, 5) is 38.5. The van der Waals surface area contributed by atoms with Gasteiger partial charge in [-0.1, -0.05) is 32.1 Å². The van der Waals surface area contributed by atoms with Gasteiger partial charge in [0.05, 0.1) is 6.10 Å². The Morgan fingerprint density at radius 3 is 2.27 bits per heavy atom. The lowest BCUT2D eigenvalue weighted by molar-refractivity contribution is -0.140. The number of anilines is 1. The zero-order valence-corrected chi connectivity index (χ0v) is 24.3. The summed E-state index contributed by atoms with van der Waals surface area (Å²) in [5, 5.41) is 28.3. The number of carboxylic acids is 1. The van der Waals surface area contributed by atoms with Gasteiger partial charge in [0.15, 0.2) is 0 Å². The number of nitrogens with one attached hydrogen (secondary N) is 3. The second kappa shape index (κ2) is 16.2. The third-order valence-electron chi connectivity index (χ3n) is 7.88. The van der Waals surface area contributed by atoms with Crippen LogP contribution in [-0.4, -0.2) is 88.3 Å². The minimum Gasteiger partial charge on any atom is -0.480 e. The van der Waals surface area contributed by atoms with Gasteiger partial charge in [-0.25, -0.2) is 9.18 Å². The Hall–Kier alpha value is -2.37. The summed E-state index contributed by atoms with van der Waals surface area (Å²) in [5.74, 6) is -1.12. The Labute approximate surface area is 241 Å². The van der Waals surface area contributed by atoms with Crippen LogP contribution < -0.4 is 16.0 Å². The van der Waals surface area contributed by atoms with E-state index in [1.807, 2.05) is 0 Å². The summed E-state index contributed by atoms with van der Waals surface area (Å²) >= 11 is 1.19. The first-order valence-electron chi connectivity index (χ1n) is 14.5. The van der Waals surface area contributed by atoms with Gasteiger partial charge in [0.25, 0.3) is 0 Å². The molecule has 1 aliphatic carbocycles. The molecule has 2 aliphatic rings. The Morgan fingerprint density at radius 2 is 1.68 bits per heavy atom. The fourth-order valence-corrected chi connectivity index (χ4v) is 6.59. The van der Waals surface area contributed by atoms with Gasteiger partial charge >= 0.3 is 5.97 Å². The number of aliphatic hydroxyl groups is 1.